The topological polar surface area (TPSA) is 226 Å². The average molecular weight is 1120 g/mol. The van der Waals surface area contributed by atoms with Gasteiger partial charge in [0.05, 0.1) is 65.6 Å². The normalized spacial score (nSPS) is 17.1. The maximum Gasteiger partial charge on any atom is 0.251 e. The van der Waals surface area contributed by atoms with Crippen molar-refractivity contribution in [2.45, 2.75) is 119 Å². The number of rotatable bonds is 26. The minimum absolute atomic E-state index is 0.0255. The van der Waals surface area contributed by atoms with Crippen LogP contribution in [-0.4, -0.2) is 168 Å². The van der Waals surface area contributed by atoms with Gasteiger partial charge in [0.2, 0.25) is 17.7 Å². The highest BCUT2D eigenvalue weighted by Crippen LogP contribution is 2.30. The number of aliphatic hydroxyl groups excluding tert-OH is 1. The van der Waals surface area contributed by atoms with Crippen molar-refractivity contribution in [1.29, 1.82) is 0 Å². The third-order valence-corrected chi connectivity index (χ3v) is 15.6. The number of β-amino-alcohol motifs (C(OH)–C–C–N with tert-alkyl or cyclic N) is 1. The Morgan fingerprint density at radius 2 is 1.70 bits per heavy atom. The zero-order valence-electron chi connectivity index (χ0n) is 49.0. The molecule has 0 spiro atoms. The van der Waals surface area contributed by atoms with E-state index < -0.39 is 41.3 Å². The highest BCUT2D eigenvalue weighted by atomic mass is 32.1. The van der Waals surface area contributed by atoms with Gasteiger partial charge in [-0.2, -0.15) is 0 Å². The highest BCUT2D eigenvalue weighted by Gasteiger charge is 2.44. The minimum Gasteiger partial charge on any atom is -0.391 e. The second-order valence-electron chi connectivity index (χ2n) is 21.7. The quantitative estimate of drug-likeness (QED) is 0.0290. The fraction of sp³-hybridized carbons (Fsp3) is 0.525. The molecule has 3 amide bonds. The number of anilines is 1. The van der Waals surface area contributed by atoms with Gasteiger partial charge in [-0.3, -0.25) is 33.9 Å². The Labute approximate surface area is 477 Å². The molecule has 18 nitrogen and oxygen atoms in total. The van der Waals surface area contributed by atoms with Crippen LogP contribution in [0.25, 0.3) is 16.0 Å². The van der Waals surface area contributed by atoms with Gasteiger partial charge in [0.15, 0.2) is 5.78 Å². The number of nitrogens with two attached hydrogens (primary N) is 1. The molecule has 2 aliphatic rings. The number of piperazine rings is 1. The first-order valence-corrected chi connectivity index (χ1v) is 28.7. The monoisotopic (exact) mass is 1120 g/mol. The molecule has 2 aliphatic heterocycles. The molecule has 4 atom stereocenters. The van der Waals surface area contributed by atoms with Gasteiger partial charge in [0, 0.05) is 101 Å². The molecule has 19 heteroatoms. The number of allylic oxidation sites excluding steroid dienone is 3. The van der Waals surface area contributed by atoms with Crippen molar-refractivity contribution in [3.05, 3.63) is 128 Å². The number of ether oxygens (including phenoxy) is 3. The highest BCUT2D eigenvalue weighted by molar-refractivity contribution is 7.13. The Kier molecular flexibility index (Phi) is 25.5. The number of aliphatic hydroxyl groups is 1. The van der Waals surface area contributed by atoms with Crippen LogP contribution in [0.5, 0.6) is 0 Å². The number of hydrogen-bond acceptors (Lipinski definition) is 15. The van der Waals surface area contributed by atoms with E-state index in [2.05, 4.69) is 49.9 Å². The summed E-state index contributed by atoms with van der Waals surface area (Å²) in [5, 5.41) is 13.5. The molecule has 5 N–H and O–H groups in total. The summed E-state index contributed by atoms with van der Waals surface area (Å²) >= 11 is 1.59. The number of methoxy groups -OCH3 is 1. The number of thiazole rings is 1. The maximum absolute atomic E-state index is 14.0. The largest absolute Gasteiger partial charge is 0.391 e. The Hall–Kier alpha value is -6.35. The van der Waals surface area contributed by atoms with Crippen molar-refractivity contribution < 1.29 is 38.5 Å². The SMILES string of the molecule is C/C=C(/C=C(\C=C\N(CC)C(C)CCOC)c1ccc(N2CCN(CCOCCOCC(=O)N[C@H](C(=O)N3C[C@H](O)C[C@H]3C(=O)CCc3ccc(-c4scnc4C)cc3)C(C)(C)C)CC2)cn1)C(N)=O.Cc1cc(C)c(C)c(=O)[nH]1. The first-order chi connectivity index (χ1) is 38.1. The second-order valence-corrected chi connectivity index (χ2v) is 22.5. The molecular formula is C61H87N9O9S. The number of aryl methyl sites for hydroxylation is 4. The minimum atomic E-state index is -0.930. The van der Waals surface area contributed by atoms with E-state index in [0.29, 0.717) is 31.8 Å². The van der Waals surface area contributed by atoms with Crippen LogP contribution in [-0.2, 0) is 39.8 Å². The van der Waals surface area contributed by atoms with Gasteiger partial charge in [-0.1, -0.05) is 51.1 Å². The smallest absolute Gasteiger partial charge is 0.251 e. The fourth-order valence-electron chi connectivity index (χ4n) is 9.55. The number of Topliss-reactive ketones (excluding diaryl/α,β-unsaturated/α-hetero) is 1. The van der Waals surface area contributed by atoms with Gasteiger partial charge < -0.3 is 50.1 Å². The van der Waals surface area contributed by atoms with Crippen LogP contribution in [0.1, 0.15) is 94.6 Å². The van der Waals surface area contributed by atoms with Crippen LogP contribution < -0.4 is 21.5 Å². The zero-order valence-corrected chi connectivity index (χ0v) is 49.8. The Morgan fingerprint density at radius 1 is 0.988 bits per heavy atom. The summed E-state index contributed by atoms with van der Waals surface area (Å²) in [5.41, 5.74) is 15.7. The van der Waals surface area contributed by atoms with E-state index >= 15 is 0 Å². The first kappa shape index (κ1) is 64.5. The van der Waals surface area contributed by atoms with Gasteiger partial charge >= 0.3 is 0 Å². The van der Waals surface area contributed by atoms with Crippen LogP contribution in [0, 0.1) is 33.1 Å². The third kappa shape index (κ3) is 19.4. The number of benzene rings is 1. The summed E-state index contributed by atoms with van der Waals surface area (Å²) in [7, 11) is 1.71. The van der Waals surface area contributed by atoms with Crippen LogP contribution in [0.2, 0.25) is 0 Å². The molecule has 80 heavy (non-hydrogen) atoms. The second kappa shape index (κ2) is 31.6. The molecule has 4 aromatic rings. The Balaban J connectivity index is 0.00000106. The number of primary amides is 1. The lowest BCUT2D eigenvalue weighted by Gasteiger charge is -2.35. The number of carbonyl (C=O) groups excluding carboxylic acids is 4. The summed E-state index contributed by atoms with van der Waals surface area (Å²) in [4.78, 5) is 85.2. The van der Waals surface area contributed by atoms with E-state index in [9.17, 15) is 29.1 Å². The van der Waals surface area contributed by atoms with E-state index in [-0.39, 0.29) is 50.0 Å². The lowest BCUT2D eigenvalue weighted by molar-refractivity contribution is -0.144. The lowest BCUT2D eigenvalue weighted by atomic mass is 9.85. The number of ketones is 1. The maximum atomic E-state index is 14.0. The van der Waals surface area contributed by atoms with Gasteiger partial charge in [-0.25, -0.2) is 4.98 Å². The zero-order chi connectivity index (χ0) is 58.5. The van der Waals surface area contributed by atoms with Crippen molar-refractivity contribution in [3.63, 3.8) is 0 Å². The summed E-state index contributed by atoms with van der Waals surface area (Å²) in [5.74, 6) is -1.45. The summed E-state index contributed by atoms with van der Waals surface area (Å²) in [6.07, 6.45) is 10.3. The summed E-state index contributed by atoms with van der Waals surface area (Å²) < 4.78 is 16.8. The van der Waals surface area contributed by atoms with Crippen molar-refractivity contribution >= 4 is 46.1 Å². The first-order valence-electron chi connectivity index (χ1n) is 27.8. The molecule has 0 bridgehead atoms. The number of pyridine rings is 2. The number of aromatic amines is 1. The van der Waals surface area contributed by atoms with Crippen molar-refractivity contribution in [2.75, 3.05) is 90.9 Å². The number of nitrogens with zero attached hydrogens (tertiary/aromatic N) is 6. The van der Waals surface area contributed by atoms with Crippen LogP contribution in [0.15, 0.2) is 89.0 Å². The van der Waals surface area contributed by atoms with Gasteiger partial charge in [0.25, 0.3) is 5.56 Å². The van der Waals surface area contributed by atoms with Gasteiger partial charge in [-0.15, -0.1) is 11.3 Å². The molecule has 5 heterocycles. The number of likely N-dealkylation sites (tertiary alicyclic amines) is 1. The van der Waals surface area contributed by atoms with Crippen LogP contribution in [0.4, 0.5) is 5.69 Å². The average Bonchev–Trinajstić information content (AvgIpc) is 4.07. The molecule has 1 unspecified atom stereocenters. The van der Waals surface area contributed by atoms with Gasteiger partial charge in [-0.05, 0) is 120 Å². The van der Waals surface area contributed by atoms with E-state index in [0.717, 1.165) is 101 Å². The number of carbonyl (C=O) groups is 4. The number of amides is 3. The van der Waals surface area contributed by atoms with E-state index in [4.69, 9.17) is 24.9 Å². The molecule has 436 valence electrons. The molecule has 2 saturated heterocycles. The fourth-order valence-corrected chi connectivity index (χ4v) is 10.4. The number of H-pyrrole nitrogens is 1. The molecule has 1 aromatic carbocycles. The van der Waals surface area contributed by atoms with E-state index in [1.165, 1.54) is 4.90 Å². The van der Waals surface area contributed by atoms with Gasteiger partial charge in [0.1, 0.15) is 12.6 Å². The number of hydrogen-bond donors (Lipinski definition) is 4. The predicted molar refractivity (Wildman–Crippen MR) is 317 cm³/mol. The molecule has 0 saturated carbocycles. The lowest BCUT2D eigenvalue weighted by Crippen LogP contribution is -2.57. The predicted octanol–water partition coefficient (Wildman–Crippen LogP) is 6.74. The molecular weight excluding hydrogens is 1030 g/mol. The number of aromatic nitrogens is 3. The van der Waals surface area contributed by atoms with E-state index in [1.54, 1.807) is 37.5 Å². The molecule has 0 aliphatic carbocycles. The molecule has 0 radical (unpaired) electrons. The van der Waals surface area contributed by atoms with Crippen molar-refractivity contribution in [1.82, 2.24) is 35.0 Å². The third-order valence-electron chi connectivity index (χ3n) is 14.6. The molecule has 3 aromatic heterocycles. The number of nitrogens with one attached hydrogen (secondary N) is 2. The van der Waals surface area contributed by atoms with E-state index in [1.807, 2.05) is 109 Å². The van der Waals surface area contributed by atoms with Crippen LogP contribution in [0.3, 0.4) is 0 Å². The standard InChI is InChI=1S/C53H76N8O8S.C8H11NO/c1-9-40(51(54)65)31-42(19-21-59(10-2)37(3)20-27-67-8)45-17-16-43(33-55-45)60-24-22-58(23-25-60)26-28-68-29-30-69-35-48(64)57-50(53(5,6)7)52(66)61-34-44(62)32-46(61)47(63)18-13-39-11-14-41(15-12-39)49-38(4)56-36-70-49;1-5-4-6(2)9-8(10)7(5)3/h9,11-12,14-17,19,21,31,33,36-37,44,46,50,62H,10,13,18,20,22-30,32,34-35H2,1-8H3,(H2,54,65)(H,57,64);4H,1-3H3,(H,9,10)/b21-19+,40-9-,42-31+;/t37?,44-,46+,50-;/m1./s1. The molecule has 2 fully saturated rings. The van der Waals surface area contributed by atoms with Crippen molar-refractivity contribution in [2.24, 2.45) is 11.1 Å². The summed E-state index contributed by atoms with van der Waals surface area (Å²) in [6.45, 7) is 25.7. The van der Waals surface area contributed by atoms with Crippen molar-refractivity contribution in [3.8, 4) is 10.4 Å². The summed E-state index contributed by atoms with van der Waals surface area (Å²) in [6, 6.07) is 12.7. The Morgan fingerprint density at radius 3 is 2.30 bits per heavy atom. The van der Waals surface area contributed by atoms with Crippen LogP contribution >= 0.6 is 11.3 Å². The molecule has 6 rings (SSSR count). The Bertz CT molecular complexity index is 2790.